The van der Waals surface area contributed by atoms with Gasteiger partial charge in [-0.3, -0.25) is 4.90 Å². The number of aromatic nitrogens is 1. The smallest absolute Gasteiger partial charge is 0.325 e. The summed E-state index contributed by atoms with van der Waals surface area (Å²) in [5.74, 6) is 0.732. The minimum Gasteiger partial charge on any atom is -0.359 e. The van der Waals surface area contributed by atoms with Gasteiger partial charge in [0, 0.05) is 23.9 Å². The third-order valence-corrected chi connectivity index (χ3v) is 6.96. The van der Waals surface area contributed by atoms with Crippen LogP contribution in [0.4, 0.5) is 10.5 Å². The molecule has 1 aliphatic carbocycles. The van der Waals surface area contributed by atoms with E-state index in [0.29, 0.717) is 6.54 Å². The molecule has 2 amide bonds. The summed E-state index contributed by atoms with van der Waals surface area (Å²) in [6, 6.07) is 20.5. The van der Waals surface area contributed by atoms with Gasteiger partial charge in [0.25, 0.3) is 0 Å². The number of urea groups is 1. The molecule has 2 aliphatic rings. The minimum atomic E-state index is -0.142. The van der Waals surface area contributed by atoms with Gasteiger partial charge in [-0.05, 0) is 44.6 Å². The molecule has 1 aliphatic heterocycles. The summed E-state index contributed by atoms with van der Waals surface area (Å²) in [7, 11) is 4.13. The number of anilines is 1. The Balaban J connectivity index is 1.40. The normalized spacial score (nSPS) is 18.0. The van der Waals surface area contributed by atoms with Crippen LogP contribution in [0.1, 0.15) is 43.4 Å². The molecule has 5 rings (SSSR count). The van der Waals surface area contributed by atoms with Crippen LogP contribution in [0.5, 0.6) is 0 Å². The van der Waals surface area contributed by atoms with Crippen LogP contribution in [-0.2, 0) is 13.1 Å². The van der Waals surface area contributed by atoms with Crippen LogP contribution in [0.3, 0.4) is 0 Å². The van der Waals surface area contributed by atoms with Crippen molar-refractivity contribution in [3.8, 4) is 11.3 Å². The molecule has 1 aromatic heterocycles. The fourth-order valence-electron chi connectivity index (χ4n) is 5.31. The highest BCUT2D eigenvalue weighted by Crippen LogP contribution is 2.42. The number of carbonyl (C=O) groups excluding carboxylic acids is 1. The summed E-state index contributed by atoms with van der Waals surface area (Å²) in [5.41, 5.74) is 3.90. The van der Waals surface area contributed by atoms with E-state index >= 15 is 0 Å². The molecule has 2 heterocycles. The number of nitrogens with zero attached hydrogens (tertiary/aromatic N) is 4. The molecular formula is C27H32N4O2. The Morgan fingerprint density at radius 3 is 2.42 bits per heavy atom. The molecule has 1 spiro atoms. The average molecular weight is 445 g/mol. The van der Waals surface area contributed by atoms with Crippen LogP contribution in [-0.4, -0.2) is 47.2 Å². The third-order valence-electron chi connectivity index (χ3n) is 6.96. The van der Waals surface area contributed by atoms with E-state index in [9.17, 15) is 4.79 Å². The van der Waals surface area contributed by atoms with Gasteiger partial charge in [0.1, 0.15) is 5.69 Å². The molecule has 0 radical (unpaired) electrons. The molecular weight excluding hydrogens is 412 g/mol. The molecule has 1 saturated carbocycles. The predicted octanol–water partition coefficient (Wildman–Crippen LogP) is 5.55. The molecule has 0 atom stereocenters. The van der Waals surface area contributed by atoms with E-state index in [1.54, 1.807) is 0 Å². The maximum atomic E-state index is 13.7. The summed E-state index contributed by atoms with van der Waals surface area (Å²) < 4.78 is 5.69. The van der Waals surface area contributed by atoms with Gasteiger partial charge < -0.3 is 14.3 Å². The van der Waals surface area contributed by atoms with Crippen molar-refractivity contribution >= 4 is 11.7 Å². The number of carbonyl (C=O) groups is 1. The first-order valence-electron chi connectivity index (χ1n) is 11.9. The maximum absolute atomic E-state index is 13.7. The van der Waals surface area contributed by atoms with E-state index in [-0.39, 0.29) is 11.6 Å². The lowest BCUT2D eigenvalue weighted by atomic mass is 9.81. The summed E-state index contributed by atoms with van der Waals surface area (Å²) in [6.45, 7) is 2.08. The van der Waals surface area contributed by atoms with E-state index in [1.807, 2.05) is 41.3 Å². The third kappa shape index (κ3) is 4.40. The first-order valence-corrected chi connectivity index (χ1v) is 11.9. The summed E-state index contributed by atoms with van der Waals surface area (Å²) >= 11 is 0. The zero-order valence-electron chi connectivity index (χ0n) is 19.5. The number of rotatable bonds is 6. The maximum Gasteiger partial charge on any atom is 0.325 e. The van der Waals surface area contributed by atoms with E-state index in [2.05, 4.69) is 53.3 Å². The van der Waals surface area contributed by atoms with E-state index in [4.69, 9.17) is 4.52 Å². The van der Waals surface area contributed by atoms with Crippen molar-refractivity contribution in [3.05, 3.63) is 72.0 Å². The van der Waals surface area contributed by atoms with Crippen molar-refractivity contribution in [2.75, 3.05) is 25.5 Å². The highest BCUT2D eigenvalue weighted by atomic mass is 16.5. The molecule has 2 aromatic carbocycles. The van der Waals surface area contributed by atoms with Gasteiger partial charge in [-0.1, -0.05) is 66.9 Å². The minimum absolute atomic E-state index is 0.0647. The molecule has 0 N–H and O–H groups in total. The molecule has 2 fully saturated rings. The second kappa shape index (κ2) is 9.02. The van der Waals surface area contributed by atoms with Gasteiger partial charge in [-0.2, -0.15) is 0 Å². The predicted molar refractivity (Wildman–Crippen MR) is 130 cm³/mol. The average Bonchev–Trinajstić information content (AvgIpc) is 3.40. The van der Waals surface area contributed by atoms with Crippen LogP contribution in [0.15, 0.2) is 65.2 Å². The summed E-state index contributed by atoms with van der Waals surface area (Å²) in [6.07, 6.45) is 5.63. The number of hydrogen-bond donors (Lipinski definition) is 0. The second-order valence-corrected chi connectivity index (χ2v) is 9.69. The molecule has 6 heteroatoms. The Hall–Kier alpha value is -3.12. The van der Waals surface area contributed by atoms with Crippen LogP contribution in [0, 0.1) is 0 Å². The van der Waals surface area contributed by atoms with Crippen molar-refractivity contribution in [3.63, 3.8) is 0 Å². The summed E-state index contributed by atoms with van der Waals surface area (Å²) in [4.78, 5) is 19.9. The van der Waals surface area contributed by atoms with Gasteiger partial charge in [0.15, 0.2) is 5.76 Å². The monoisotopic (exact) mass is 444 g/mol. The largest absolute Gasteiger partial charge is 0.359 e. The Kier molecular flexibility index (Phi) is 5.94. The second-order valence-electron chi connectivity index (χ2n) is 9.69. The molecule has 1 saturated heterocycles. The molecule has 172 valence electrons. The van der Waals surface area contributed by atoms with Gasteiger partial charge >= 0.3 is 6.03 Å². The molecule has 33 heavy (non-hydrogen) atoms. The van der Waals surface area contributed by atoms with Crippen LogP contribution in [0.25, 0.3) is 11.3 Å². The Morgan fingerprint density at radius 2 is 1.73 bits per heavy atom. The van der Waals surface area contributed by atoms with Gasteiger partial charge in [-0.25, -0.2) is 4.79 Å². The van der Waals surface area contributed by atoms with Crippen LogP contribution in [0.2, 0.25) is 0 Å². The van der Waals surface area contributed by atoms with Crippen molar-refractivity contribution in [2.45, 2.75) is 50.7 Å². The molecule has 3 aromatic rings. The van der Waals surface area contributed by atoms with E-state index in [0.717, 1.165) is 61.5 Å². The fourth-order valence-corrected chi connectivity index (χ4v) is 5.31. The summed E-state index contributed by atoms with van der Waals surface area (Å²) in [5, 5.41) is 4.27. The van der Waals surface area contributed by atoms with Crippen molar-refractivity contribution < 1.29 is 9.32 Å². The van der Waals surface area contributed by atoms with Gasteiger partial charge in [0.05, 0.1) is 18.6 Å². The van der Waals surface area contributed by atoms with Gasteiger partial charge in [-0.15, -0.1) is 0 Å². The van der Waals surface area contributed by atoms with Crippen molar-refractivity contribution in [1.29, 1.82) is 0 Å². The number of amides is 2. The lowest BCUT2D eigenvalue weighted by Gasteiger charge is -2.39. The fraction of sp³-hybridized carbons (Fsp3) is 0.407. The zero-order chi connectivity index (χ0) is 22.8. The first kappa shape index (κ1) is 21.7. The van der Waals surface area contributed by atoms with E-state index < -0.39 is 0 Å². The highest BCUT2D eigenvalue weighted by molar-refractivity contribution is 5.95. The molecule has 0 unspecified atom stereocenters. The molecule has 6 nitrogen and oxygen atoms in total. The zero-order valence-corrected chi connectivity index (χ0v) is 19.5. The standard InChI is InChI=1S/C27H32N4O2/c1-29(2)18-21-11-13-23(14-12-21)30-20-27(15-7-4-8-16-27)31(26(30)32)19-24-17-25(28-33-24)22-9-5-3-6-10-22/h3,5-6,9-14,17H,4,7-8,15-16,18-20H2,1-2H3. The van der Waals surface area contributed by atoms with Crippen LogP contribution < -0.4 is 4.90 Å². The Morgan fingerprint density at radius 1 is 1.00 bits per heavy atom. The number of hydrogen-bond acceptors (Lipinski definition) is 4. The lowest BCUT2D eigenvalue weighted by Crippen LogP contribution is -2.47. The molecule has 0 bridgehead atoms. The van der Waals surface area contributed by atoms with Crippen molar-refractivity contribution in [2.24, 2.45) is 0 Å². The van der Waals surface area contributed by atoms with E-state index in [1.165, 1.54) is 12.0 Å². The van der Waals surface area contributed by atoms with Crippen LogP contribution >= 0.6 is 0 Å². The quantitative estimate of drug-likeness (QED) is 0.500. The Bertz CT molecular complexity index is 1080. The highest BCUT2D eigenvalue weighted by Gasteiger charge is 2.50. The van der Waals surface area contributed by atoms with Gasteiger partial charge in [0.2, 0.25) is 0 Å². The van der Waals surface area contributed by atoms with Crippen molar-refractivity contribution in [1.82, 2.24) is 15.0 Å². The topological polar surface area (TPSA) is 52.8 Å². The SMILES string of the molecule is CN(C)Cc1ccc(N2CC3(CCCCC3)N(Cc3cc(-c4ccccc4)no3)C2=O)cc1. The first-order chi connectivity index (χ1) is 16.0. The number of benzene rings is 2. The lowest BCUT2D eigenvalue weighted by molar-refractivity contribution is 0.105. The Labute approximate surface area is 195 Å².